The molecular formula is C22H19N3OS. The van der Waals surface area contributed by atoms with Gasteiger partial charge >= 0.3 is 0 Å². The maximum atomic E-state index is 5.46. The Bertz CT molecular complexity index is 1010. The van der Waals surface area contributed by atoms with Crippen LogP contribution in [0.3, 0.4) is 0 Å². The van der Waals surface area contributed by atoms with E-state index in [-0.39, 0.29) is 0 Å². The lowest BCUT2D eigenvalue weighted by Gasteiger charge is -2.10. The lowest BCUT2D eigenvalue weighted by atomic mass is 10.0. The zero-order valence-corrected chi connectivity index (χ0v) is 15.8. The maximum Gasteiger partial charge on any atom is 0.196 e. The molecule has 0 amide bonds. The third kappa shape index (κ3) is 3.88. The summed E-state index contributed by atoms with van der Waals surface area (Å²) >= 11 is 1.66. The quantitative estimate of drug-likeness (QED) is 0.434. The molecule has 3 aromatic carbocycles. The number of rotatable bonds is 6. The molecule has 27 heavy (non-hydrogen) atoms. The van der Waals surface area contributed by atoms with E-state index in [1.165, 1.54) is 16.7 Å². The van der Waals surface area contributed by atoms with Gasteiger partial charge in [0, 0.05) is 5.75 Å². The number of methoxy groups -OCH3 is 1. The molecule has 4 nitrogen and oxygen atoms in total. The highest BCUT2D eigenvalue weighted by Crippen LogP contribution is 2.29. The first-order chi connectivity index (χ1) is 13.3. The zero-order chi connectivity index (χ0) is 18.5. The fraction of sp³-hybridized carbons (Fsp3) is 0.0909. The van der Waals surface area contributed by atoms with Gasteiger partial charge in [-0.05, 0) is 28.8 Å². The number of nitrogens with zero attached hydrogens (tertiary/aromatic N) is 3. The molecule has 1 aromatic heterocycles. The Kier molecular flexibility index (Phi) is 5.21. The van der Waals surface area contributed by atoms with Gasteiger partial charge in [0.05, 0.1) is 12.8 Å². The second-order valence-corrected chi connectivity index (χ2v) is 6.95. The van der Waals surface area contributed by atoms with Crippen LogP contribution in [0.15, 0.2) is 90.3 Å². The van der Waals surface area contributed by atoms with Gasteiger partial charge in [0.1, 0.15) is 12.1 Å². The van der Waals surface area contributed by atoms with Crippen molar-refractivity contribution < 1.29 is 4.74 Å². The minimum absolute atomic E-state index is 0.798. The molecule has 0 unspecified atom stereocenters. The van der Waals surface area contributed by atoms with Gasteiger partial charge in [-0.1, -0.05) is 78.5 Å². The van der Waals surface area contributed by atoms with Crippen molar-refractivity contribution in [1.82, 2.24) is 14.8 Å². The molecule has 5 heteroatoms. The summed E-state index contributed by atoms with van der Waals surface area (Å²) in [6, 6.07) is 26.9. The van der Waals surface area contributed by atoms with Crippen LogP contribution in [0.2, 0.25) is 0 Å². The van der Waals surface area contributed by atoms with Gasteiger partial charge < -0.3 is 4.74 Å². The normalized spacial score (nSPS) is 10.7. The van der Waals surface area contributed by atoms with E-state index in [2.05, 4.69) is 58.7 Å². The summed E-state index contributed by atoms with van der Waals surface area (Å²) in [5.41, 5.74) is 4.63. The highest BCUT2D eigenvalue weighted by Gasteiger charge is 2.11. The Morgan fingerprint density at radius 2 is 1.56 bits per heavy atom. The van der Waals surface area contributed by atoms with Crippen LogP contribution in [-0.4, -0.2) is 21.9 Å². The number of para-hydroxylation sites is 2. The number of hydrogen-bond donors (Lipinski definition) is 0. The fourth-order valence-corrected chi connectivity index (χ4v) is 3.77. The molecule has 0 fully saturated rings. The molecule has 4 aromatic rings. The monoisotopic (exact) mass is 373 g/mol. The average Bonchev–Trinajstić information content (AvgIpc) is 3.21. The summed E-state index contributed by atoms with van der Waals surface area (Å²) in [6.07, 6.45) is 1.72. The van der Waals surface area contributed by atoms with Gasteiger partial charge in [-0.2, -0.15) is 0 Å². The van der Waals surface area contributed by atoms with E-state index in [0.717, 1.165) is 22.3 Å². The van der Waals surface area contributed by atoms with Crippen LogP contribution in [0.25, 0.3) is 16.8 Å². The van der Waals surface area contributed by atoms with Crippen molar-refractivity contribution in [2.45, 2.75) is 10.9 Å². The average molecular weight is 373 g/mol. The zero-order valence-electron chi connectivity index (χ0n) is 14.9. The molecule has 0 atom stereocenters. The van der Waals surface area contributed by atoms with Gasteiger partial charge in [-0.25, -0.2) is 0 Å². The summed E-state index contributed by atoms with van der Waals surface area (Å²) in [5, 5.41) is 9.18. The molecule has 0 spiro atoms. The van der Waals surface area contributed by atoms with E-state index in [4.69, 9.17) is 4.74 Å². The lowest BCUT2D eigenvalue weighted by molar-refractivity contribution is 0.412. The minimum Gasteiger partial charge on any atom is -0.495 e. The van der Waals surface area contributed by atoms with Crippen LogP contribution in [0.1, 0.15) is 5.56 Å². The predicted molar refractivity (Wildman–Crippen MR) is 109 cm³/mol. The third-order valence-corrected chi connectivity index (χ3v) is 5.30. The summed E-state index contributed by atoms with van der Waals surface area (Å²) < 4.78 is 7.42. The van der Waals surface area contributed by atoms with Gasteiger partial charge in [0.2, 0.25) is 0 Å². The molecule has 0 N–H and O–H groups in total. The first kappa shape index (κ1) is 17.4. The number of benzene rings is 3. The molecule has 0 saturated heterocycles. The van der Waals surface area contributed by atoms with Crippen molar-refractivity contribution in [3.63, 3.8) is 0 Å². The summed E-state index contributed by atoms with van der Waals surface area (Å²) in [5.74, 6) is 1.62. The molecule has 0 radical (unpaired) electrons. The Balaban J connectivity index is 1.49. The van der Waals surface area contributed by atoms with Crippen LogP contribution in [0.4, 0.5) is 0 Å². The van der Waals surface area contributed by atoms with Gasteiger partial charge in [-0.15, -0.1) is 10.2 Å². The molecule has 1 heterocycles. The van der Waals surface area contributed by atoms with E-state index in [1.54, 1.807) is 25.2 Å². The highest BCUT2D eigenvalue weighted by atomic mass is 32.2. The van der Waals surface area contributed by atoms with Crippen LogP contribution in [0, 0.1) is 0 Å². The molecule has 0 bridgehead atoms. The van der Waals surface area contributed by atoms with Crippen LogP contribution < -0.4 is 4.74 Å². The molecule has 0 aliphatic carbocycles. The second-order valence-electron chi connectivity index (χ2n) is 6.01. The van der Waals surface area contributed by atoms with E-state index in [9.17, 15) is 0 Å². The summed E-state index contributed by atoms with van der Waals surface area (Å²) in [7, 11) is 1.67. The second kappa shape index (κ2) is 8.10. The van der Waals surface area contributed by atoms with Crippen molar-refractivity contribution in [3.8, 4) is 22.6 Å². The minimum atomic E-state index is 0.798. The van der Waals surface area contributed by atoms with E-state index < -0.39 is 0 Å². The molecule has 0 saturated carbocycles. The van der Waals surface area contributed by atoms with E-state index in [1.807, 2.05) is 34.9 Å². The first-order valence-corrected chi connectivity index (χ1v) is 9.64. The largest absolute Gasteiger partial charge is 0.495 e. The highest BCUT2D eigenvalue weighted by molar-refractivity contribution is 7.98. The molecule has 0 aliphatic rings. The van der Waals surface area contributed by atoms with Crippen molar-refractivity contribution in [1.29, 1.82) is 0 Å². The van der Waals surface area contributed by atoms with Crippen molar-refractivity contribution in [3.05, 3.63) is 90.8 Å². The van der Waals surface area contributed by atoms with Crippen LogP contribution >= 0.6 is 11.8 Å². The first-order valence-electron chi connectivity index (χ1n) is 8.66. The van der Waals surface area contributed by atoms with Gasteiger partial charge in [-0.3, -0.25) is 4.57 Å². The number of ether oxygens (including phenoxy) is 1. The Hall–Kier alpha value is -3.05. The number of thioether (sulfide) groups is 1. The fourth-order valence-electron chi connectivity index (χ4n) is 2.89. The summed E-state index contributed by atoms with van der Waals surface area (Å²) in [4.78, 5) is 0. The lowest BCUT2D eigenvalue weighted by Crippen LogP contribution is -1.98. The van der Waals surface area contributed by atoms with Gasteiger partial charge in [0.15, 0.2) is 5.16 Å². The SMILES string of the molecule is COc1ccccc1-n1cnnc1SCc1ccc(-c2ccccc2)cc1. The molecule has 0 aliphatic heterocycles. The van der Waals surface area contributed by atoms with Crippen molar-refractivity contribution in [2.75, 3.05) is 7.11 Å². The van der Waals surface area contributed by atoms with Gasteiger partial charge in [0.25, 0.3) is 0 Å². The molecular weight excluding hydrogens is 354 g/mol. The van der Waals surface area contributed by atoms with Crippen LogP contribution in [0.5, 0.6) is 5.75 Å². The Labute approximate surface area is 162 Å². The number of hydrogen-bond acceptors (Lipinski definition) is 4. The van der Waals surface area contributed by atoms with Crippen LogP contribution in [-0.2, 0) is 5.75 Å². The number of aromatic nitrogens is 3. The Morgan fingerprint density at radius 3 is 2.33 bits per heavy atom. The topological polar surface area (TPSA) is 39.9 Å². The summed E-state index contributed by atoms with van der Waals surface area (Å²) in [6.45, 7) is 0. The van der Waals surface area contributed by atoms with Crippen molar-refractivity contribution in [2.24, 2.45) is 0 Å². The Morgan fingerprint density at radius 1 is 0.852 bits per heavy atom. The molecule has 4 rings (SSSR count). The maximum absolute atomic E-state index is 5.46. The van der Waals surface area contributed by atoms with E-state index >= 15 is 0 Å². The van der Waals surface area contributed by atoms with Crippen molar-refractivity contribution >= 4 is 11.8 Å². The smallest absolute Gasteiger partial charge is 0.196 e. The standard InChI is InChI=1S/C22H19N3OS/c1-26-21-10-6-5-9-20(21)25-16-23-24-22(25)27-15-17-11-13-19(14-12-17)18-7-3-2-4-8-18/h2-14,16H,15H2,1H3. The third-order valence-electron chi connectivity index (χ3n) is 4.29. The van der Waals surface area contributed by atoms with E-state index in [0.29, 0.717) is 0 Å². The predicted octanol–water partition coefficient (Wildman–Crippen LogP) is 5.24. The molecule has 134 valence electrons.